The number of likely N-dealkylation sites (N-methyl/N-ethyl adjacent to an activating group) is 1. The van der Waals surface area contributed by atoms with Crippen LogP contribution < -0.4 is 11.1 Å². The Kier molecular flexibility index (Phi) is 7.62. The van der Waals surface area contributed by atoms with Crippen molar-refractivity contribution >= 4 is 34.0 Å². The molecule has 1 aliphatic rings. The van der Waals surface area contributed by atoms with E-state index in [0.29, 0.717) is 19.5 Å². The highest BCUT2D eigenvalue weighted by Crippen LogP contribution is 2.40. The number of nitrogens with zero attached hydrogens (tertiary/aromatic N) is 3. The Morgan fingerprint density at radius 3 is 2.44 bits per heavy atom. The molecule has 190 valence electrons. The van der Waals surface area contributed by atoms with Gasteiger partial charge in [-0.15, -0.1) is 11.3 Å². The number of hydrogen-bond donors (Lipinski definition) is 3. The average molecular weight is 516 g/mol. The molecule has 4 N–H and O–H groups in total. The number of benzene rings is 1. The molecule has 2 amide bonds. The molecule has 0 aliphatic carbocycles. The lowest BCUT2D eigenvalue weighted by Crippen LogP contribution is -2.47. The van der Waals surface area contributed by atoms with E-state index in [1.807, 2.05) is 7.05 Å². The highest BCUT2D eigenvalue weighted by Gasteiger charge is 2.24. The molecule has 8 nitrogen and oxygen atoms in total. The van der Waals surface area contributed by atoms with Gasteiger partial charge in [-0.3, -0.25) is 9.59 Å². The number of halogens is 2. The maximum Gasteiger partial charge on any atom is 0.272 e. The molecule has 0 radical (unpaired) electrons. The van der Waals surface area contributed by atoms with Gasteiger partial charge in [0.25, 0.3) is 11.8 Å². The summed E-state index contributed by atoms with van der Waals surface area (Å²) < 4.78 is 29.7. The van der Waals surface area contributed by atoms with Crippen LogP contribution in [0.5, 0.6) is 0 Å². The minimum absolute atomic E-state index is 0.0315. The maximum atomic E-state index is 14.9. The summed E-state index contributed by atoms with van der Waals surface area (Å²) in [5.74, 6) is -2.43. The zero-order chi connectivity index (χ0) is 26.0. The van der Waals surface area contributed by atoms with Crippen molar-refractivity contribution < 1.29 is 23.5 Å². The van der Waals surface area contributed by atoms with E-state index >= 15 is 0 Å². The molecule has 0 spiro atoms. The quantitative estimate of drug-likeness (QED) is 0.442. The summed E-state index contributed by atoms with van der Waals surface area (Å²) in [6.07, 6.45) is -0.683. The van der Waals surface area contributed by atoms with Crippen molar-refractivity contribution in [2.24, 2.45) is 5.73 Å². The van der Waals surface area contributed by atoms with E-state index < -0.39 is 23.6 Å². The summed E-state index contributed by atoms with van der Waals surface area (Å²) >= 11 is 0.931. The lowest BCUT2D eigenvalue weighted by Gasteiger charge is -2.32. The Bertz CT molecular complexity index is 1270. The fourth-order valence-corrected chi connectivity index (χ4v) is 5.08. The molecule has 1 atom stereocenters. The summed E-state index contributed by atoms with van der Waals surface area (Å²) in [5.41, 5.74) is 5.61. The Morgan fingerprint density at radius 1 is 1.17 bits per heavy atom. The number of rotatable bonds is 7. The number of aliphatic hydroxyl groups excluding tert-OH is 1. The fraction of sp³-hybridized carbons (Fsp3) is 0.320. The van der Waals surface area contributed by atoms with Crippen molar-refractivity contribution in [1.29, 1.82) is 0 Å². The summed E-state index contributed by atoms with van der Waals surface area (Å²) in [6.45, 7) is 4.44. The molecule has 3 aromatic rings. The van der Waals surface area contributed by atoms with Crippen molar-refractivity contribution in [2.75, 3.05) is 38.5 Å². The largest absolute Gasteiger partial charge is 0.388 e. The SMILES string of the molecule is CCC(O)c1cc(F)c(-c2cc(C(N)=O)c(Nc3cccc(C(=O)N4CCN(C)CC4)n3)s2)c(F)c1. The molecule has 3 heterocycles. The maximum absolute atomic E-state index is 14.9. The lowest BCUT2D eigenvalue weighted by molar-refractivity contribution is 0.0658. The van der Waals surface area contributed by atoms with E-state index in [4.69, 9.17) is 5.73 Å². The normalized spacial score (nSPS) is 15.1. The van der Waals surface area contributed by atoms with Gasteiger partial charge in [-0.1, -0.05) is 13.0 Å². The third kappa shape index (κ3) is 5.38. The standard InChI is InChI=1S/C25H27F2N5O3S/c1-3-19(33)14-11-16(26)22(17(27)12-14)20-13-15(23(28)34)24(36-20)30-21-6-4-5-18(29-21)25(35)32-9-7-31(2)8-10-32/h4-6,11-13,19,33H,3,7-10H2,1-2H3,(H2,28,34)(H,29,30). The second-order valence-corrected chi connectivity index (χ2v) is 9.68. The van der Waals surface area contributed by atoms with E-state index in [2.05, 4.69) is 15.2 Å². The Hall–Kier alpha value is -3.41. The van der Waals surface area contributed by atoms with Gasteiger partial charge in [0, 0.05) is 31.1 Å². The van der Waals surface area contributed by atoms with Gasteiger partial charge in [-0.05, 0) is 49.4 Å². The highest BCUT2D eigenvalue weighted by atomic mass is 32.1. The summed E-state index contributed by atoms with van der Waals surface area (Å²) in [4.78, 5) is 33.4. The van der Waals surface area contributed by atoms with Crippen molar-refractivity contribution in [1.82, 2.24) is 14.8 Å². The number of carbonyl (C=O) groups excluding carboxylic acids is 2. The molecule has 1 fully saturated rings. The molecule has 4 rings (SSSR count). The first-order valence-corrected chi connectivity index (χ1v) is 12.3. The number of aliphatic hydroxyl groups is 1. The zero-order valence-corrected chi connectivity index (χ0v) is 20.7. The number of hydrogen-bond acceptors (Lipinski definition) is 7. The molecular weight excluding hydrogens is 488 g/mol. The van der Waals surface area contributed by atoms with Crippen molar-refractivity contribution in [3.8, 4) is 10.4 Å². The molecule has 1 saturated heterocycles. The summed E-state index contributed by atoms with van der Waals surface area (Å²) in [7, 11) is 2.00. The first kappa shape index (κ1) is 25.7. The molecule has 11 heteroatoms. The highest BCUT2D eigenvalue weighted by molar-refractivity contribution is 7.20. The third-order valence-electron chi connectivity index (χ3n) is 6.08. The number of primary amides is 1. The number of nitrogens with one attached hydrogen (secondary N) is 1. The Labute approximate surface area is 211 Å². The van der Waals surface area contributed by atoms with Gasteiger partial charge in [0.15, 0.2) is 0 Å². The number of nitrogens with two attached hydrogens (primary N) is 1. The van der Waals surface area contributed by atoms with Gasteiger partial charge in [-0.25, -0.2) is 13.8 Å². The molecule has 1 aliphatic heterocycles. The molecule has 0 bridgehead atoms. The van der Waals surface area contributed by atoms with Crippen molar-refractivity contribution in [2.45, 2.75) is 19.4 Å². The van der Waals surface area contributed by atoms with E-state index in [9.17, 15) is 23.5 Å². The number of piperazine rings is 1. The topological polar surface area (TPSA) is 112 Å². The van der Waals surface area contributed by atoms with E-state index in [0.717, 1.165) is 36.6 Å². The number of amides is 2. The number of anilines is 2. The van der Waals surface area contributed by atoms with Crippen molar-refractivity contribution in [3.63, 3.8) is 0 Å². The first-order chi connectivity index (χ1) is 17.2. The number of thiophene rings is 1. The van der Waals surface area contributed by atoms with Crippen LogP contribution in [0.4, 0.5) is 19.6 Å². The summed E-state index contributed by atoms with van der Waals surface area (Å²) in [5, 5.41) is 13.2. The van der Waals surface area contributed by atoms with E-state index in [1.165, 1.54) is 6.07 Å². The molecule has 0 saturated carbocycles. The zero-order valence-electron chi connectivity index (χ0n) is 19.9. The molecule has 1 aromatic carbocycles. The van der Waals surface area contributed by atoms with Crippen LogP contribution in [0.2, 0.25) is 0 Å². The predicted octanol–water partition coefficient (Wildman–Crippen LogP) is 3.76. The Balaban J connectivity index is 1.63. The van der Waals surface area contributed by atoms with E-state index in [1.54, 1.807) is 30.0 Å². The van der Waals surface area contributed by atoms with Gasteiger partial charge in [-0.2, -0.15) is 0 Å². The molecule has 2 aromatic heterocycles. The van der Waals surface area contributed by atoms with Gasteiger partial charge >= 0.3 is 0 Å². The van der Waals surface area contributed by atoms with Crippen LogP contribution in [0.25, 0.3) is 10.4 Å². The second-order valence-electron chi connectivity index (χ2n) is 8.63. The number of carbonyl (C=O) groups is 2. The first-order valence-electron chi connectivity index (χ1n) is 11.5. The van der Waals surface area contributed by atoms with Gasteiger partial charge in [0.2, 0.25) is 0 Å². The van der Waals surface area contributed by atoms with Gasteiger partial charge in [0.05, 0.1) is 17.2 Å². The minimum atomic E-state index is -0.989. The van der Waals surface area contributed by atoms with Crippen LogP contribution in [0.15, 0.2) is 36.4 Å². The van der Waals surface area contributed by atoms with Gasteiger partial charge < -0.3 is 26.0 Å². The van der Waals surface area contributed by atoms with Crippen LogP contribution in [0.3, 0.4) is 0 Å². The van der Waals surface area contributed by atoms with Crippen molar-refractivity contribution in [3.05, 3.63) is 64.9 Å². The summed E-state index contributed by atoms with van der Waals surface area (Å²) in [6, 6.07) is 8.36. The second kappa shape index (κ2) is 10.7. The predicted molar refractivity (Wildman–Crippen MR) is 134 cm³/mol. The lowest BCUT2D eigenvalue weighted by atomic mass is 10.0. The van der Waals surface area contributed by atoms with Gasteiger partial charge in [0.1, 0.15) is 28.1 Å². The monoisotopic (exact) mass is 515 g/mol. The number of aromatic nitrogens is 1. The minimum Gasteiger partial charge on any atom is -0.388 e. The number of pyridine rings is 1. The Morgan fingerprint density at radius 2 is 1.83 bits per heavy atom. The van der Waals surface area contributed by atoms with Crippen LogP contribution in [-0.4, -0.2) is 64.9 Å². The fourth-order valence-electron chi connectivity index (χ4n) is 3.96. The van der Waals surface area contributed by atoms with E-state index in [-0.39, 0.29) is 44.0 Å². The smallest absolute Gasteiger partial charge is 0.272 e. The molecule has 1 unspecified atom stereocenters. The third-order valence-corrected chi connectivity index (χ3v) is 7.15. The molecule has 36 heavy (non-hydrogen) atoms. The van der Waals surface area contributed by atoms with Crippen LogP contribution in [-0.2, 0) is 0 Å². The van der Waals surface area contributed by atoms with Crippen LogP contribution in [0.1, 0.15) is 45.9 Å². The van der Waals surface area contributed by atoms with Crippen LogP contribution in [0, 0.1) is 11.6 Å². The molecular formula is C25H27F2N5O3S. The van der Waals surface area contributed by atoms with Crippen LogP contribution >= 0.6 is 11.3 Å². The average Bonchev–Trinajstić information content (AvgIpc) is 3.26.